The van der Waals surface area contributed by atoms with Crippen molar-refractivity contribution < 1.29 is 14.6 Å². The maximum Gasteiger partial charge on any atom is 0.239 e. The minimum atomic E-state index is -0.726. The second-order valence-corrected chi connectivity index (χ2v) is 5.73. The largest absolute Gasteiger partial charge is 0.386 e. The van der Waals surface area contributed by atoms with Gasteiger partial charge in [0.2, 0.25) is 5.91 Å². The van der Waals surface area contributed by atoms with Crippen LogP contribution in [0.15, 0.2) is 12.1 Å². The van der Waals surface area contributed by atoms with Crippen molar-refractivity contribution in [1.29, 1.82) is 0 Å². The molecule has 2 heterocycles. The highest BCUT2D eigenvalue weighted by molar-refractivity contribution is 7.16. The molecular formula is C11H16Cl2N2O3S. The SMILES string of the molecule is Cl.O=C(NCC(O)c1ccc(Cl)s1)C1COCCN1. The van der Waals surface area contributed by atoms with E-state index in [1.54, 1.807) is 12.1 Å². The highest BCUT2D eigenvalue weighted by atomic mass is 35.5. The van der Waals surface area contributed by atoms with Crippen LogP contribution >= 0.6 is 35.3 Å². The molecule has 1 aromatic heterocycles. The lowest BCUT2D eigenvalue weighted by Crippen LogP contribution is -2.51. The van der Waals surface area contributed by atoms with Gasteiger partial charge in [0.1, 0.15) is 12.1 Å². The Balaban J connectivity index is 0.00000180. The van der Waals surface area contributed by atoms with E-state index in [0.717, 1.165) is 4.88 Å². The predicted octanol–water partition coefficient (Wildman–Crippen LogP) is 0.961. The number of morpholine rings is 1. The molecular weight excluding hydrogens is 311 g/mol. The standard InChI is InChI=1S/C11H15ClN2O3S.ClH/c12-10-2-1-9(18-10)8(15)5-14-11(16)7-6-17-4-3-13-7;/h1-2,7-8,13,15H,3-6H2,(H,14,16);1H. The van der Waals surface area contributed by atoms with Crippen LogP contribution in [0.2, 0.25) is 4.34 Å². The van der Waals surface area contributed by atoms with Crippen molar-refractivity contribution in [3.8, 4) is 0 Å². The fraction of sp³-hybridized carbons (Fsp3) is 0.545. The van der Waals surface area contributed by atoms with Crippen LogP contribution in [-0.4, -0.2) is 43.4 Å². The van der Waals surface area contributed by atoms with Gasteiger partial charge >= 0.3 is 0 Å². The number of carbonyl (C=O) groups is 1. The van der Waals surface area contributed by atoms with Gasteiger partial charge in [0.25, 0.3) is 0 Å². The Morgan fingerprint density at radius 3 is 3.05 bits per heavy atom. The minimum Gasteiger partial charge on any atom is -0.386 e. The Kier molecular flexibility index (Phi) is 7.06. The number of aliphatic hydroxyl groups excluding tert-OH is 1. The van der Waals surface area contributed by atoms with Crippen molar-refractivity contribution in [2.75, 3.05) is 26.3 Å². The van der Waals surface area contributed by atoms with Crippen LogP contribution in [0, 0.1) is 0 Å². The zero-order valence-corrected chi connectivity index (χ0v) is 12.5. The van der Waals surface area contributed by atoms with Gasteiger partial charge in [-0.2, -0.15) is 0 Å². The van der Waals surface area contributed by atoms with Crippen molar-refractivity contribution in [3.63, 3.8) is 0 Å². The van der Waals surface area contributed by atoms with Gasteiger partial charge in [-0.05, 0) is 12.1 Å². The van der Waals surface area contributed by atoms with E-state index in [1.807, 2.05) is 0 Å². The van der Waals surface area contributed by atoms with Crippen LogP contribution in [0.3, 0.4) is 0 Å². The van der Waals surface area contributed by atoms with E-state index in [4.69, 9.17) is 16.3 Å². The second kappa shape index (κ2) is 8.04. The molecule has 108 valence electrons. The molecule has 19 heavy (non-hydrogen) atoms. The Bertz CT molecular complexity index is 410. The molecule has 0 radical (unpaired) electrons. The van der Waals surface area contributed by atoms with Gasteiger partial charge in [-0.3, -0.25) is 4.79 Å². The van der Waals surface area contributed by atoms with E-state index in [1.165, 1.54) is 11.3 Å². The highest BCUT2D eigenvalue weighted by Gasteiger charge is 2.21. The molecule has 1 aliphatic rings. The van der Waals surface area contributed by atoms with E-state index >= 15 is 0 Å². The molecule has 3 N–H and O–H groups in total. The monoisotopic (exact) mass is 326 g/mol. The van der Waals surface area contributed by atoms with Gasteiger partial charge in [0.05, 0.1) is 17.6 Å². The molecule has 1 aromatic rings. The molecule has 0 bridgehead atoms. The second-order valence-electron chi connectivity index (χ2n) is 3.98. The average Bonchev–Trinajstić information content (AvgIpc) is 2.83. The summed E-state index contributed by atoms with van der Waals surface area (Å²) < 4.78 is 5.82. The van der Waals surface area contributed by atoms with Crippen molar-refractivity contribution >= 4 is 41.3 Å². The number of rotatable bonds is 4. The van der Waals surface area contributed by atoms with Crippen molar-refractivity contribution in [2.45, 2.75) is 12.1 Å². The lowest BCUT2D eigenvalue weighted by Gasteiger charge is -2.23. The molecule has 0 saturated carbocycles. The number of nitrogens with one attached hydrogen (secondary N) is 2. The summed E-state index contributed by atoms with van der Waals surface area (Å²) in [5.74, 6) is -0.156. The Hall–Kier alpha value is -0.370. The van der Waals surface area contributed by atoms with Gasteiger partial charge < -0.3 is 20.5 Å². The zero-order valence-electron chi connectivity index (χ0n) is 10.1. The number of ether oxygens (including phenoxy) is 1. The first-order chi connectivity index (χ1) is 8.66. The highest BCUT2D eigenvalue weighted by Crippen LogP contribution is 2.26. The first-order valence-corrected chi connectivity index (χ1v) is 6.88. The summed E-state index contributed by atoms with van der Waals surface area (Å²) in [4.78, 5) is 12.5. The molecule has 5 nitrogen and oxygen atoms in total. The van der Waals surface area contributed by atoms with Crippen molar-refractivity contribution in [2.24, 2.45) is 0 Å². The topological polar surface area (TPSA) is 70.6 Å². The summed E-state index contributed by atoms with van der Waals surface area (Å²) in [6.07, 6.45) is -0.726. The van der Waals surface area contributed by atoms with E-state index in [0.29, 0.717) is 24.1 Å². The van der Waals surface area contributed by atoms with Gasteiger partial charge in [-0.15, -0.1) is 23.7 Å². The number of hydrogen-bond acceptors (Lipinski definition) is 5. The third-order valence-electron chi connectivity index (χ3n) is 2.63. The molecule has 1 amide bonds. The van der Waals surface area contributed by atoms with Gasteiger partial charge in [-0.1, -0.05) is 11.6 Å². The van der Waals surface area contributed by atoms with Gasteiger partial charge in [0.15, 0.2) is 0 Å². The van der Waals surface area contributed by atoms with E-state index in [-0.39, 0.29) is 30.9 Å². The van der Waals surface area contributed by atoms with Crippen LogP contribution in [0.1, 0.15) is 11.0 Å². The van der Waals surface area contributed by atoms with Crippen LogP contribution < -0.4 is 10.6 Å². The van der Waals surface area contributed by atoms with Crippen LogP contribution in [-0.2, 0) is 9.53 Å². The first kappa shape index (κ1) is 16.7. The van der Waals surface area contributed by atoms with E-state index in [2.05, 4.69) is 10.6 Å². The molecule has 2 unspecified atom stereocenters. The quantitative estimate of drug-likeness (QED) is 0.770. The first-order valence-electron chi connectivity index (χ1n) is 5.69. The third kappa shape index (κ3) is 4.91. The zero-order chi connectivity index (χ0) is 13.0. The number of carbonyl (C=O) groups excluding carboxylic acids is 1. The van der Waals surface area contributed by atoms with Gasteiger partial charge in [0, 0.05) is 18.0 Å². The average molecular weight is 327 g/mol. The fourth-order valence-electron chi connectivity index (χ4n) is 1.66. The van der Waals surface area contributed by atoms with Crippen LogP contribution in [0.25, 0.3) is 0 Å². The summed E-state index contributed by atoms with van der Waals surface area (Å²) in [6, 6.07) is 3.15. The lowest BCUT2D eigenvalue weighted by molar-refractivity contribution is -0.126. The molecule has 0 aliphatic carbocycles. The van der Waals surface area contributed by atoms with Gasteiger partial charge in [-0.25, -0.2) is 0 Å². The van der Waals surface area contributed by atoms with Crippen molar-refractivity contribution in [1.82, 2.24) is 10.6 Å². The van der Waals surface area contributed by atoms with Crippen molar-refractivity contribution in [3.05, 3.63) is 21.3 Å². The van der Waals surface area contributed by atoms with Crippen LogP contribution in [0.4, 0.5) is 0 Å². The molecule has 1 aliphatic heterocycles. The summed E-state index contributed by atoms with van der Waals surface area (Å²) >= 11 is 7.09. The fourth-order valence-corrected chi connectivity index (χ4v) is 2.71. The Morgan fingerprint density at radius 1 is 1.68 bits per heavy atom. The Labute approximate surface area is 126 Å². The summed E-state index contributed by atoms with van der Waals surface area (Å²) in [6.45, 7) is 1.84. The molecule has 1 fully saturated rings. The summed E-state index contributed by atoms with van der Waals surface area (Å²) in [5, 5.41) is 15.6. The molecule has 0 spiro atoms. The van der Waals surface area contributed by atoms with E-state index in [9.17, 15) is 9.90 Å². The number of hydrogen-bond donors (Lipinski definition) is 3. The third-order valence-corrected chi connectivity index (χ3v) is 3.96. The number of aliphatic hydroxyl groups is 1. The smallest absolute Gasteiger partial charge is 0.239 e. The number of halogens is 2. The van der Waals surface area contributed by atoms with E-state index < -0.39 is 6.10 Å². The maximum absolute atomic E-state index is 11.8. The number of thiophene rings is 1. The normalized spacial score (nSPS) is 20.4. The minimum absolute atomic E-state index is 0. The summed E-state index contributed by atoms with van der Waals surface area (Å²) in [7, 11) is 0. The Morgan fingerprint density at radius 2 is 2.47 bits per heavy atom. The molecule has 2 atom stereocenters. The van der Waals surface area contributed by atoms with Crippen LogP contribution in [0.5, 0.6) is 0 Å². The maximum atomic E-state index is 11.8. The number of amides is 1. The molecule has 2 rings (SSSR count). The lowest BCUT2D eigenvalue weighted by atomic mass is 10.2. The molecule has 0 aromatic carbocycles. The molecule has 1 saturated heterocycles. The molecule has 8 heteroatoms. The summed E-state index contributed by atoms with van der Waals surface area (Å²) in [5.41, 5.74) is 0. The predicted molar refractivity (Wildman–Crippen MR) is 77.2 cm³/mol.